The van der Waals surface area contributed by atoms with Gasteiger partial charge in [0.05, 0.1) is 6.10 Å². The predicted molar refractivity (Wildman–Crippen MR) is 82.9 cm³/mol. The third-order valence-electron chi connectivity index (χ3n) is 4.17. The average Bonchev–Trinajstić information content (AvgIpc) is 3.01. The Balaban J connectivity index is 1.58. The first-order valence-electron chi connectivity index (χ1n) is 7.91. The summed E-state index contributed by atoms with van der Waals surface area (Å²) in [6.07, 6.45) is 3.01. The number of piperazine rings is 1. The second-order valence-corrected chi connectivity index (χ2v) is 6.05. The molecule has 1 N–H and O–H groups in total. The van der Waals surface area contributed by atoms with Crippen LogP contribution in [0, 0.1) is 0 Å². The summed E-state index contributed by atoms with van der Waals surface area (Å²) in [6, 6.07) is 2.67. The van der Waals surface area contributed by atoms with E-state index >= 15 is 0 Å². The summed E-state index contributed by atoms with van der Waals surface area (Å²) < 4.78 is 5.65. The topological polar surface area (TPSA) is 53.5 Å². The fourth-order valence-corrected chi connectivity index (χ4v) is 3.08. The van der Waals surface area contributed by atoms with Crippen LogP contribution in [-0.4, -0.2) is 66.3 Å². The molecule has 0 aliphatic carbocycles. The fraction of sp³-hybridized carbons (Fsp3) is 0.733. The highest BCUT2D eigenvalue weighted by Crippen LogP contribution is 2.20. The lowest BCUT2D eigenvalue weighted by Crippen LogP contribution is -2.51. The molecule has 1 unspecified atom stereocenters. The molecule has 6 heteroatoms. The van der Waals surface area contributed by atoms with Gasteiger partial charge in [0.2, 0.25) is 5.88 Å². The van der Waals surface area contributed by atoms with Crippen LogP contribution in [0.15, 0.2) is 12.4 Å². The first-order chi connectivity index (χ1) is 10.2. The summed E-state index contributed by atoms with van der Waals surface area (Å²) in [6.45, 7) is 10.6. The van der Waals surface area contributed by atoms with E-state index in [-0.39, 0.29) is 6.10 Å². The van der Waals surface area contributed by atoms with E-state index in [2.05, 4.69) is 25.1 Å². The zero-order valence-corrected chi connectivity index (χ0v) is 13.0. The van der Waals surface area contributed by atoms with Crippen molar-refractivity contribution in [2.24, 2.45) is 0 Å². The van der Waals surface area contributed by atoms with Gasteiger partial charge in [0.25, 0.3) is 0 Å². The Hall–Kier alpha value is -1.40. The lowest BCUT2D eigenvalue weighted by molar-refractivity contribution is 0.196. The largest absolute Gasteiger partial charge is 0.475 e. The highest BCUT2D eigenvalue weighted by molar-refractivity contribution is 5.41. The number of ether oxygens (including phenoxy) is 1. The van der Waals surface area contributed by atoms with Crippen LogP contribution in [0.4, 0.5) is 5.82 Å². The van der Waals surface area contributed by atoms with Crippen molar-refractivity contribution in [3.63, 3.8) is 0 Å². The number of hydrogen-bond donors (Lipinski definition) is 1. The quantitative estimate of drug-likeness (QED) is 0.883. The van der Waals surface area contributed by atoms with Crippen LogP contribution in [-0.2, 0) is 0 Å². The Morgan fingerprint density at radius 3 is 2.71 bits per heavy atom. The highest BCUT2D eigenvalue weighted by atomic mass is 16.5. The van der Waals surface area contributed by atoms with E-state index in [1.807, 2.05) is 19.9 Å². The molecule has 1 aromatic rings. The van der Waals surface area contributed by atoms with Gasteiger partial charge in [0.1, 0.15) is 12.1 Å². The van der Waals surface area contributed by atoms with Crippen molar-refractivity contribution in [3.05, 3.63) is 12.4 Å². The molecule has 1 atom stereocenters. The normalized spacial score (nSPS) is 23.8. The highest BCUT2D eigenvalue weighted by Gasteiger charge is 2.26. The summed E-state index contributed by atoms with van der Waals surface area (Å²) >= 11 is 0. The van der Waals surface area contributed by atoms with Crippen molar-refractivity contribution in [1.29, 1.82) is 0 Å². The molecule has 0 aromatic carbocycles. The van der Waals surface area contributed by atoms with Crippen molar-refractivity contribution in [3.8, 4) is 5.88 Å². The summed E-state index contributed by atoms with van der Waals surface area (Å²) in [5.74, 6) is 1.64. The fourth-order valence-electron chi connectivity index (χ4n) is 3.08. The van der Waals surface area contributed by atoms with Gasteiger partial charge in [-0.25, -0.2) is 9.97 Å². The van der Waals surface area contributed by atoms with Gasteiger partial charge in [-0.2, -0.15) is 0 Å². The monoisotopic (exact) mass is 291 g/mol. The summed E-state index contributed by atoms with van der Waals surface area (Å²) in [5, 5.41) is 3.45. The van der Waals surface area contributed by atoms with Crippen LogP contribution in [0.5, 0.6) is 5.88 Å². The maximum Gasteiger partial charge on any atom is 0.218 e. The third kappa shape index (κ3) is 3.63. The van der Waals surface area contributed by atoms with E-state index in [4.69, 9.17) is 4.74 Å². The molecule has 3 heterocycles. The average molecular weight is 291 g/mol. The Morgan fingerprint density at radius 2 is 2.05 bits per heavy atom. The SMILES string of the molecule is CC(C)Oc1cc(N2CCN(C3CCNC3)CC2)ncn1. The van der Waals surface area contributed by atoms with Gasteiger partial charge in [-0.1, -0.05) is 0 Å². The van der Waals surface area contributed by atoms with Gasteiger partial charge in [-0.05, 0) is 26.8 Å². The standard InChI is InChI=1S/C15H25N5O/c1-12(2)21-15-9-14(17-11-18-15)20-7-5-19(6-8-20)13-3-4-16-10-13/h9,11-13,16H,3-8,10H2,1-2H3. The molecule has 3 rings (SSSR count). The lowest BCUT2D eigenvalue weighted by atomic mass is 10.2. The maximum absolute atomic E-state index is 5.65. The minimum atomic E-state index is 0.138. The maximum atomic E-state index is 5.65. The molecule has 0 radical (unpaired) electrons. The minimum absolute atomic E-state index is 0.138. The number of nitrogens with zero attached hydrogens (tertiary/aromatic N) is 4. The minimum Gasteiger partial charge on any atom is -0.475 e. The summed E-state index contributed by atoms with van der Waals surface area (Å²) in [7, 11) is 0. The van der Waals surface area contributed by atoms with Gasteiger partial charge in [0, 0.05) is 44.8 Å². The van der Waals surface area contributed by atoms with Gasteiger partial charge in [-0.3, -0.25) is 4.90 Å². The van der Waals surface area contributed by atoms with Crippen molar-refractivity contribution >= 4 is 5.82 Å². The van der Waals surface area contributed by atoms with E-state index in [9.17, 15) is 0 Å². The number of hydrogen-bond acceptors (Lipinski definition) is 6. The van der Waals surface area contributed by atoms with Crippen LogP contribution >= 0.6 is 0 Å². The van der Waals surface area contributed by atoms with Crippen molar-refractivity contribution in [1.82, 2.24) is 20.2 Å². The zero-order chi connectivity index (χ0) is 14.7. The number of nitrogens with one attached hydrogen (secondary N) is 1. The molecule has 0 saturated carbocycles. The second kappa shape index (κ2) is 6.58. The van der Waals surface area contributed by atoms with Crippen LogP contribution in [0.25, 0.3) is 0 Å². The van der Waals surface area contributed by atoms with Crippen molar-refractivity contribution < 1.29 is 4.74 Å². The van der Waals surface area contributed by atoms with E-state index in [0.29, 0.717) is 5.88 Å². The van der Waals surface area contributed by atoms with E-state index in [1.54, 1.807) is 6.33 Å². The van der Waals surface area contributed by atoms with E-state index in [0.717, 1.165) is 51.1 Å². The van der Waals surface area contributed by atoms with Crippen molar-refractivity contribution in [2.45, 2.75) is 32.4 Å². The second-order valence-electron chi connectivity index (χ2n) is 6.05. The van der Waals surface area contributed by atoms with Gasteiger partial charge in [0.15, 0.2) is 0 Å². The Morgan fingerprint density at radius 1 is 1.24 bits per heavy atom. The third-order valence-corrected chi connectivity index (χ3v) is 4.17. The number of anilines is 1. The first kappa shape index (κ1) is 14.5. The van der Waals surface area contributed by atoms with Gasteiger partial charge >= 0.3 is 0 Å². The number of rotatable bonds is 4. The molecule has 116 valence electrons. The molecule has 21 heavy (non-hydrogen) atoms. The molecule has 0 amide bonds. The first-order valence-corrected chi connectivity index (χ1v) is 7.91. The summed E-state index contributed by atoms with van der Waals surface area (Å²) in [5.41, 5.74) is 0. The molecule has 2 fully saturated rings. The number of aromatic nitrogens is 2. The zero-order valence-electron chi connectivity index (χ0n) is 13.0. The molecule has 1 aromatic heterocycles. The Labute approximate surface area is 126 Å². The summed E-state index contributed by atoms with van der Waals surface area (Å²) in [4.78, 5) is 13.5. The Bertz CT molecular complexity index is 453. The lowest BCUT2D eigenvalue weighted by Gasteiger charge is -2.38. The van der Waals surface area contributed by atoms with E-state index in [1.165, 1.54) is 6.42 Å². The molecule has 2 aliphatic rings. The van der Waals surface area contributed by atoms with Crippen molar-refractivity contribution in [2.75, 3.05) is 44.2 Å². The van der Waals surface area contributed by atoms with Gasteiger partial charge in [-0.15, -0.1) is 0 Å². The molecular formula is C15H25N5O. The van der Waals surface area contributed by atoms with Crippen LogP contribution < -0.4 is 15.0 Å². The molecule has 2 aliphatic heterocycles. The smallest absolute Gasteiger partial charge is 0.218 e. The molecule has 0 spiro atoms. The molecule has 2 saturated heterocycles. The predicted octanol–water partition coefficient (Wildman–Crippen LogP) is 0.748. The van der Waals surface area contributed by atoms with Crippen LogP contribution in [0.2, 0.25) is 0 Å². The van der Waals surface area contributed by atoms with Crippen LogP contribution in [0.1, 0.15) is 20.3 Å². The molecule has 6 nitrogen and oxygen atoms in total. The molecular weight excluding hydrogens is 266 g/mol. The Kier molecular flexibility index (Phi) is 4.55. The van der Waals surface area contributed by atoms with Gasteiger partial charge < -0.3 is 15.0 Å². The van der Waals surface area contributed by atoms with Crippen LogP contribution in [0.3, 0.4) is 0 Å². The molecule has 0 bridgehead atoms. The van der Waals surface area contributed by atoms with E-state index < -0.39 is 0 Å².